The Labute approximate surface area is 164 Å². The van der Waals surface area contributed by atoms with Gasteiger partial charge in [0.1, 0.15) is 0 Å². The summed E-state index contributed by atoms with van der Waals surface area (Å²) in [6.45, 7) is 7.07. The lowest BCUT2D eigenvalue weighted by atomic mass is 10.1. The minimum absolute atomic E-state index is 0.0566. The Hall–Kier alpha value is -2.58. The normalized spacial score (nSPS) is 14.6. The van der Waals surface area contributed by atoms with Gasteiger partial charge in [-0.15, -0.1) is 0 Å². The minimum atomic E-state index is 0.0566. The highest BCUT2D eigenvalue weighted by Crippen LogP contribution is 2.10. The van der Waals surface area contributed by atoms with Gasteiger partial charge < -0.3 is 15.5 Å². The minimum Gasteiger partial charge on any atom is -0.361 e. The molecule has 27 heavy (non-hydrogen) atoms. The third-order valence-corrected chi connectivity index (χ3v) is 4.72. The van der Waals surface area contributed by atoms with Gasteiger partial charge in [-0.2, -0.15) is 0 Å². The van der Waals surface area contributed by atoms with Crippen molar-refractivity contribution in [2.24, 2.45) is 0 Å². The van der Waals surface area contributed by atoms with Crippen LogP contribution in [0, 0.1) is 0 Å². The summed E-state index contributed by atoms with van der Waals surface area (Å²) < 4.78 is 0. The molecule has 0 atom stereocenters. The van der Waals surface area contributed by atoms with Crippen molar-refractivity contribution in [2.75, 3.05) is 49.5 Å². The van der Waals surface area contributed by atoms with E-state index in [4.69, 9.17) is 12.2 Å². The molecule has 0 radical (unpaired) electrons. The molecule has 142 valence electrons. The molecular formula is C19H24N6OS. The number of anilines is 2. The van der Waals surface area contributed by atoms with E-state index >= 15 is 0 Å². The zero-order valence-electron chi connectivity index (χ0n) is 15.4. The predicted octanol–water partition coefficient (Wildman–Crippen LogP) is 1.79. The van der Waals surface area contributed by atoms with Crippen LogP contribution in [0.4, 0.5) is 11.6 Å². The molecule has 1 aromatic heterocycles. The molecule has 0 unspecified atom stereocenters. The van der Waals surface area contributed by atoms with E-state index in [-0.39, 0.29) is 5.78 Å². The number of piperazine rings is 1. The van der Waals surface area contributed by atoms with Crippen molar-refractivity contribution in [1.82, 2.24) is 20.2 Å². The van der Waals surface area contributed by atoms with E-state index in [0.29, 0.717) is 10.7 Å². The van der Waals surface area contributed by atoms with Crippen LogP contribution in [0.2, 0.25) is 0 Å². The maximum atomic E-state index is 11.3. The van der Waals surface area contributed by atoms with Crippen molar-refractivity contribution in [3.8, 4) is 0 Å². The summed E-state index contributed by atoms with van der Waals surface area (Å²) in [5.41, 5.74) is 1.56. The van der Waals surface area contributed by atoms with Gasteiger partial charge in [-0.1, -0.05) is 0 Å². The van der Waals surface area contributed by atoms with E-state index in [1.807, 2.05) is 18.2 Å². The molecule has 1 saturated heterocycles. The number of nitrogens with zero attached hydrogens (tertiary/aromatic N) is 4. The Kier molecular flexibility index (Phi) is 6.67. The Morgan fingerprint density at radius 3 is 2.41 bits per heavy atom. The van der Waals surface area contributed by atoms with Crippen molar-refractivity contribution in [1.29, 1.82) is 0 Å². The number of rotatable bonds is 6. The Morgan fingerprint density at radius 2 is 1.78 bits per heavy atom. The summed E-state index contributed by atoms with van der Waals surface area (Å²) in [6, 6.07) is 9.14. The number of benzene rings is 1. The highest BCUT2D eigenvalue weighted by atomic mass is 32.1. The lowest BCUT2D eigenvalue weighted by Crippen LogP contribution is -2.49. The molecule has 8 heteroatoms. The van der Waals surface area contributed by atoms with Crippen LogP contribution in [0.3, 0.4) is 0 Å². The molecular weight excluding hydrogens is 360 g/mol. The Bertz CT molecular complexity index is 760. The second-order valence-electron chi connectivity index (χ2n) is 6.39. The van der Waals surface area contributed by atoms with E-state index in [2.05, 4.69) is 30.4 Å². The van der Waals surface area contributed by atoms with Crippen molar-refractivity contribution < 1.29 is 4.79 Å². The fraction of sp³-hybridized carbons (Fsp3) is 0.368. The third-order valence-electron chi connectivity index (χ3n) is 4.47. The van der Waals surface area contributed by atoms with Gasteiger partial charge in [0.2, 0.25) is 5.95 Å². The smallest absolute Gasteiger partial charge is 0.225 e. The van der Waals surface area contributed by atoms with Gasteiger partial charge in [-0.05, 0) is 49.5 Å². The van der Waals surface area contributed by atoms with E-state index in [0.717, 1.165) is 50.9 Å². The van der Waals surface area contributed by atoms with Crippen LogP contribution in [0.1, 0.15) is 17.3 Å². The van der Waals surface area contributed by atoms with Crippen molar-refractivity contribution in [2.45, 2.75) is 6.92 Å². The van der Waals surface area contributed by atoms with Gasteiger partial charge in [0, 0.05) is 62.9 Å². The molecule has 3 rings (SSSR count). The zero-order chi connectivity index (χ0) is 19.1. The number of thiocarbonyl (C=S) groups is 1. The topological polar surface area (TPSA) is 73.4 Å². The van der Waals surface area contributed by atoms with Gasteiger partial charge in [0.05, 0.1) is 0 Å². The van der Waals surface area contributed by atoms with E-state index in [1.54, 1.807) is 31.5 Å². The number of carbonyl (C=O) groups excluding carboxylic acids is 1. The predicted molar refractivity (Wildman–Crippen MR) is 111 cm³/mol. The van der Waals surface area contributed by atoms with E-state index in [9.17, 15) is 4.79 Å². The number of carbonyl (C=O) groups is 1. The monoisotopic (exact) mass is 384 g/mol. The van der Waals surface area contributed by atoms with Crippen LogP contribution in [0.15, 0.2) is 42.7 Å². The van der Waals surface area contributed by atoms with Gasteiger partial charge in [0.25, 0.3) is 0 Å². The first-order chi connectivity index (χ1) is 13.1. The van der Waals surface area contributed by atoms with Crippen LogP contribution in [-0.2, 0) is 0 Å². The van der Waals surface area contributed by atoms with Gasteiger partial charge in [-0.3, -0.25) is 9.69 Å². The molecule has 2 aromatic rings. The number of nitrogens with one attached hydrogen (secondary N) is 2. The van der Waals surface area contributed by atoms with Crippen LogP contribution >= 0.6 is 12.2 Å². The molecule has 0 spiro atoms. The van der Waals surface area contributed by atoms with Crippen LogP contribution in [0.25, 0.3) is 0 Å². The van der Waals surface area contributed by atoms with Crippen molar-refractivity contribution in [3.63, 3.8) is 0 Å². The highest BCUT2D eigenvalue weighted by molar-refractivity contribution is 7.80. The molecule has 0 amide bonds. The van der Waals surface area contributed by atoms with Crippen LogP contribution in [0.5, 0.6) is 0 Å². The molecule has 7 nitrogen and oxygen atoms in total. The number of hydrogen-bond donors (Lipinski definition) is 2. The number of hydrogen-bond acceptors (Lipinski definition) is 6. The number of aromatic nitrogens is 2. The van der Waals surface area contributed by atoms with Gasteiger partial charge in [-0.25, -0.2) is 9.97 Å². The highest BCUT2D eigenvalue weighted by Gasteiger charge is 2.18. The van der Waals surface area contributed by atoms with Crippen LogP contribution < -0.4 is 15.5 Å². The Balaban J connectivity index is 1.35. The first-order valence-corrected chi connectivity index (χ1v) is 9.43. The molecule has 2 N–H and O–H groups in total. The lowest BCUT2D eigenvalue weighted by molar-refractivity contribution is 0.101. The van der Waals surface area contributed by atoms with Gasteiger partial charge in [0.15, 0.2) is 10.9 Å². The molecule has 0 aliphatic carbocycles. The molecule has 1 aliphatic heterocycles. The molecule has 1 aromatic carbocycles. The average Bonchev–Trinajstić information content (AvgIpc) is 2.69. The summed E-state index contributed by atoms with van der Waals surface area (Å²) in [5.74, 6) is 0.859. The van der Waals surface area contributed by atoms with Crippen molar-refractivity contribution >= 4 is 34.7 Å². The first-order valence-electron chi connectivity index (χ1n) is 9.02. The SMILES string of the molecule is CC(=O)c1ccc(NC(=S)NCCN2CCN(c3ncccn3)CC2)cc1. The summed E-state index contributed by atoms with van der Waals surface area (Å²) in [4.78, 5) is 24.5. The summed E-state index contributed by atoms with van der Waals surface area (Å²) in [6.07, 6.45) is 3.56. The fourth-order valence-electron chi connectivity index (χ4n) is 2.92. The third kappa shape index (κ3) is 5.70. The lowest BCUT2D eigenvalue weighted by Gasteiger charge is -2.34. The van der Waals surface area contributed by atoms with E-state index in [1.165, 1.54) is 0 Å². The second-order valence-corrected chi connectivity index (χ2v) is 6.80. The molecule has 1 aliphatic rings. The standard InChI is InChI=1S/C19H24N6OS/c1-15(26)16-3-5-17(6-4-16)23-19(27)22-9-10-24-11-13-25(14-12-24)18-20-7-2-8-21-18/h2-8H,9-14H2,1H3,(H2,22,23,27). The summed E-state index contributed by atoms with van der Waals surface area (Å²) in [5, 5.41) is 6.96. The van der Waals surface area contributed by atoms with Crippen LogP contribution in [-0.4, -0.2) is 65.0 Å². The number of Topliss-reactive ketones (excluding diaryl/α,β-unsaturated/α-hetero) is 1. The average molecular weight is 385 g/mol. The quantitative estimate of drug-likeness (QED) is 0.577. The zero-order valence-corrected chi connectivity index (χ0v) is 16.2. The summed E-state index contributed by atoms with van der Waals surface area (Å²) >= 11 is 5.34. The summed E-state index contributed by atoms with van der Waals surface area (Å²) in [7, 11) is 0. The maximum absolute atomic E-state index is 11.3. The molecule has 0 bridgehead atoms. The maximum Gasteiger partial charge on any atom is 0.225 e. The Morgan fingerprint density at radius 1 is 1.11 bits per heavy atom. The fourth-order valence-corrected chi connectivity index (χ4v) is 3.14. The number of ketones is 1. The molecule has 2 heterocycles. The largest absolute Gasteiger partial charge is 0.361 e. The van der Waals surface area contributed by atoms with E-state index < -0.39 is 0 Å². The molecule has 0 saturated carbocycles. The van der Waals surface area contributed by atoms with Crippen molar-refractivity contribution in [3.05, 3.63) is 48.3 Å². The first kappa shape index (κ1) is 19.2. The second kappa shape index (κ2) is 9.38. The van der Waals surface area contributed by atoms with Gasteiger partial charge >= 0.3 is 0 Å². The molecule has 1 fully saturated rings.